The number of ether oxygens (including phenoxy) is 1. The van der Waals surface area contributed by atoms with Gasteiger partial charge < -0.3 is 10.1 Å². The highest BCUT2D eigenvalue weighted by atomic mass is 35.5. The molecule has 0 atom stereocenters. The Bertz CT molecular complexity index is 661. The Morgan fingerprint density at radius 2 is 2.05 bits per heavy atom. The van der Waals surface area contributed by atoms with Crippen LogP contribution >= 0.6 is 11.6 Å². The van der Waals surface area contributed by atoms with E-state index in [9.17, 15) is 9.18 Å². The molecule has 0 fully saturated rings. The van der Waals surface area contributed by atoms with Crippen molar-refractivity contribution in [2.45, 2.75) is 13.3 Å². The average Bonchev–Trinajstić information content (AvgIpc) is 2.48. The van der Waals surface area contributed by atoms with Crippen LogP contribution in [-0.4, -0.2) is 19.1 Å². The molecule has 2 aromatic rings. The minimum atomic E-state index is -0.370. The van der Waals surface area contributed by atoms with Gasteiger partial charge in [0.1, 0.15) is 18.2 Å². The molecule has 1 N–H and O–H groups in total. The van der Waals surface area contributed by atoms with Crippen LogP contribution in [0.3, 0.4) is 0 Å². The Morgan fingerprint density at radius 3 is 2.77 bits per heavy atom. The molecular formula is C17H17ClFNO2. The molecule has 0 bridgehead atoms. The third-order valence-corrected chi connectivity index (χ3v) is 3.36. The summed E-state index contributed by atoms with van der Waals surface area (Å²) in [7, 11) is 0. The molecule has 0 aliphatic rings. The lowest BCUT2D eigenvalue weighted by Gasteiger charge is -2.10. The van der Waals surface area contributed by atoms with Crippen molar-refractivity contribution < 1.29 is 13.9 Å². The van der Waals surface area contributed by atoms with E-state index in [4.69, 9.17) is 16.3 Å². The van der Waals surface area contributed by atoms with E-state index in [0.29, 0.717) is 23.7 Å². The van der Waals surface area contributed by atoms with Crippen molar-refractivity contribution in [1.29, 1.82) is 0 Å². The van der Waals surface area contributed by atoms with Crippen LogP contribution in [0.5, 0.6) is 5.75 Å². The third-order valence-electron chi connectivity index (χ3n) is 3.13. The van der Waals surface area contributed by atoms with Gasteiger partial charge in [0.05, 0.1) is 13.0 Å². The Balaban J connectivity index is 1.74. The van der Waals surface area contributed by atoms with E-state index >= 15 is 0 Å². The standard InChI is InChI=1S/C17H17ClFNO2/c1-12-10-14(18)6-7-16(12)22-9-8-20-17(21)11-13-4-2-3-5-15(13)19/h2-7,10H,8-9,11H2,1H3,(H,20,21). The van der Waals surface area contributed by atoms with E-state index in [1.54, 1.807) is 30.3 Å². The van der Waals surface area contributed by atoms with Gasteiger partial charge in [0, 0.05) is 5.02 Å². The van der Waals surface area contributed by atoms with Crippen molar-refractivity contribution in [1.82, 2.24) is 5.32 Å². The fourth-order valence-corrected chi connectivity index (χ4v) is 2.23. The number of hydrogen-bond donors (Lipinski definition) is 1. The summed E-state index contributed by atoms with van der Waals surface area (Å²) >= 11 is 5.87. The van der Waals surface area contributed by atoms with Gasteiger partial charge in [-0.2, -0.15) is 0 Å². The van der Waals surface area contributed by atoms with Crippen LogP contribution in [0.4, 0.5) is 4.39 Å². The van der Waals surface area contributed by atoms with Crippen LogP contribution in [-0.2, 0) is 11.2 Å². The normalized spacial score (nSPS) is 10.3. The molecule has 0 aromatic heterocycles. The van der Waals surface area contributed by atoms with Gasteiger partial charge in [-0.05, 0) is 42.3 Å². The summed E-state index contributed by atoms with van der Waals surface area (Å²) in [5.41, 5.74) is 1.32. The SMILES string of the molecule is Cc1cc(Cl)ccc1OCCNC(=O)Cc1ccccc1F. The number of nitrogens with one attached hydrogen (secondary N) is 1. The number of hydrogen-bond acceptors (Lipinski definition) is 2. The van der Waals surface area contributed by atoms with E-state index in [-0.39, 0.29) is 18.1 Å². The van der Waals surface area contributed by atoms with Gasteiger partial charge in [-0.3, -0.25) is 4.79 Å². The summed E-state index contributed by atoms with van der Waals surface area (Å²) in [6.45, 7) is 2.60. The molecule has 0 saturated carbocycles. The highest BCUT2D eigenvalue weighted by Crippen LogP contribution is 2.21. The minimum absolute atomic E-state index is 0.0205. The largest absolute Gasteiger partial charge is 0.491 e. The summed E-state index contributed by atoms with van der Waals surface area (Å²) in [6.07, 6.45) is 0.0205. The van der Waals surface area contributed by atoms with Gasteiger partial charge in [-0.1, -0.05) is 29.8 Å². The zero-order valence-corrected chi connectivity index (χ0v) is 13.0. The van der Waals surface area contributed by atoms with Gasteiger partial charge >= 0.3 is 0 Å². The average molecular weight is 322 g/mol. The van der Waals surface area contributed by atoms with Crippen molar-refractivity contribution in [2.75, 3.05) is 13.2 Å². The number of rotatable bonds is 6. The Hall–Kier alpha value is -2.07. The predicted molar refractivity (Wildman–Crippen MR) is 84.8 cm³/mol. The summed E-state index contributed by atoms with van der Waals surface area (Å²) in [5.74, 6) is 0.125. The molecule has 0 heterocycles. The summed E-state index contributed by atoms with van der Waals surface area (Å²) < 4.78 is 19.0. The first-order valence-electron chi connectivity index (χ1n) is 6.95. The monoisotopic (exact) mass is 321 g/mol. The first kappa shape index (κ1) is 16.3. The molecule has 0 aliphatic carbocycles. The number of amides is 1. The highest BCUT2D eigenvalue weighted by Gasteiger charge is 2.07. The number of carbonyl (C=O) groups is 1. The summed E-state index contributed by atoms with van der Waals surface area (Å²) in [6, 6.07) is 11.6. The Morgan fingerprint density at radius 1 is 1.27 bits per heavy atom. The Kier molecular flexibility index (Phi) is 5.78. The fraction of sp³-hybridized carbons (Fsp3) is 0.235. The number of carbonyl (C=O) groups excluding carboxylic acids is 1. The predicted octanol–water partition coefficient (Wildman–Crippen LogP) is 3.53. The molecule has 5 heteroatoms. The number of halogens is 2. The smallest absolute Gasteiger partial charge is 0.224 e. The molecular weight excluding hydrogens is 305 g/mol. The molecule has 0 radical (unpaired) electrons. The molecule has 1 amide bonds. The molecule has 22 heavy (non-hydrogen) atoms. The van der Waals surface area contributed by atoms with Crippen LogP contribution in [0.25, 0.3) is 0 Å². The summed E-state index contributed by atoms with van der Waals surface area (Å²) in [5, 5.41) is 3.36. The van der Waals surface area contributed by atoms with Crippen LogP contribution in [0, 0.1) is 12.7 Å². The minimum Gasteiger partial charge on any atom is -0.491 e. The molecule has 116 valence electrons. The molecule has 0 aliphatic heterocycles. The number of benzene rings is 2. The molecule has 0 spiro atoms. The molecule has 2 rings (SSSR count). The van der Waals surface area contributed by atoms with E-state index in [1.165, 1.54) is 6.07 Å². The van der Waals surface area contributed by atoms with Crippen molar-refractivity contribution in [3.63, 3.8) is 0 Å². The third kappa shape index (κ3) is 4.74. The lowest BCUT2D eigenvalue weighted by Crippen LogP contribution is -2.29. The van der Waals surface area contributed by atoms with E-state index in [2.05, 4.69) is 5.32 Å². The number of aryl methyl sites for hydroxylation is 1. The first-order chi connectivity index (χ1) is 10.6. The van der Waals surface area contributed by atoms with Crippen molar-refractivity contribution >= 4 is 17.5 Å². The second kappa shape index (κ2) is 7.80. The molecule has 0 saturated heterocycles. The van der Waals surface area contributed by atoms with E-state index in [0.717, 1.165) is 11.3 Å². The molecule has 0 unspecified atom stereocenters. The second-order valence-electron chi connectivity index (χ2n) is 4.88. The van der Waals surface area contributed by atoms with Crippen LogP contribution in [0.15, 0.2) is 42.5 Å². The lowest BCUT2D eigenvalue weighted by atomic mass is 10.1. The van der Waals surface area contributed by atoms with Gasteiger partial charge in [-0.25, -0.2) is 4.39 Å². The maximum absolute atomic E-state index is 13.4. The van der Waals surface area contributed by atoms with Crippen LogP contribution in [0.1, 0.15) is 11.1 Å². The van der Waals surface area contributed by atoms with Crippen molar-refractivity contribution in [2.24, 2.45) is 0 Å². The topological polar surface area (TPSA) is 38.3 Å². The van der Waals surface area contributed by atoms with Gasteiger partial charge in [0.25, 0.3) is 0 Å². The van der Waals surface area contributed by atoms with Crippen LogP contribution in [0.2, 0.25) is 5.02 Å². The van der Waals surface area contributed by atoms with E-state index < -0.39 is 0 Å². The van der Waals surface area contributed by atoms with Crippen molar-refractivity contribution in [3.8, 4) is 5.75 Å². The fourth-order valence-electron chi connectivity index (χ4n) is 2.00. The van der Waals surface area contributed by atoms with Crippen LogP contribution < -0.4 is 10.1 Å². The quantitative estimate of drug-likeness (QED) is 0.827. The van der Waals surface area contributed by atoms with Gasteiger partial charge in [-0.15, -0.1) is 0 Å². The maximum atomic E-state index is 13.4. The highest BCUT2D eigenvalue weighted by molar-refractivity contribution is 6.30. The zero-order chi connectivity index (χ0) is 15.9. The Labute approximate surface area is 134 Å². The summed E-state index contributed by atoms with van der Waals surface area (Å²) in [4.78, 5) is 11.7. The first-order valence-corrected chi connectivity index (χ1v) is 7.33. The molecule has 2 aromatic carbocycles. The maximum Gasteiger partial charge on any atom is 0.224 e. The van der Waals surface area contributed by atoms with Crippen molar-refractivity contribution in [3.05, 3.63) is 64.4 Å². The van der Waals surface area contributed by atoms with Gasteiger partial charge in [0.2, 0.25) is 5.91 Å². The lowest BCUT2D eigenvalue weighted by molar-refractivity contribution is -0.120. The van der Waals surface area contributed by atoms with Gasteiger partial charge in [0.15, 0.2) is 0 Å². The molecule has 3 nitrogen and oxygen atoms in total. The van der Waals surface area contributed by atoms with E-state index in [1.807, 2.05) is 13.0 Å². The second-order valence-corrected chi connectivity index (χ2v) is 5.31. The zero-order valence-electron chi connectivity index (χ0n) is 12.2.